The molecule has 0 aromatic heterocycles. The highest BCUT2D eigenvalue weighted by Gasteiger charge is 2.19. The molecule has 0 unspecified atom stereocenters. The van der Waals surface area contributed by atoms with Crippen LogP contribution in [0.4, 0.5) is 0 Å². The Morgan fingerprint density at radius 3 is 0.901 bits per heavy atom. The van der Waals surface area contributed by atoms with Gasteiger partial charge in [-0.2, -0.15) is 0 Å². The topological polar surface area (TPSA) is 78.9 Å². The molecule has 0 saturated carbocycles. The standard InChI is InChI=1S/C65H112O6/c1-4-7-10-13-16-19-22-25-28-30-32-34-37-40-43-46-49-52-55-58-64(67)70-61-62(60-69-63(66)57-54-51-48-45-42-39-36-27-24-21-18-15-12-9-6-3)71-65(68)59-56-53-50-47-44-41-38-35-33-31-29-26-23-20-17-14-11-8-5-2/h7,10,16,18-19,21,25,27-28,32,34,36,40,43,62H,4-6,8-9,11-15,17,20,22-24,26,29-31,33,35,37-39,41-42,44-61H2,1-3H3/b10-7-,19-16-,21-18-,28-25-,34-32-,36-27-,43-40-/t62-/m0/s1. The number of hydrogen-bond donors (Lipinski definition) is 0. The molecule has 0 aliphatic rings. The van der Waals surface area contributed by atoms with Gasteiger partial charge in [0.15, 0.2) is 6.10 Å². The minimum absolute atomic E-state index is 0.0927. The lowest BCUT2D eigenvalue weighted by atomic mass is 10.0. The Balaban J connectivity index is 4.44. The summed E-state index contributed by atoms with van der Waals surface area (Å²) in [6.07, 6.45) is 77.2. The zero-order valence-electron chi connectivity index (χ0n) is 46.7. The minimum Gasteiger partial charge on any atom is -0.462 e. The first-order valence-corrected chi connectivity index (χ1v) is 30.1. The third-order valence-electron chi connectivity index (χ3n) is 12.9. The molecule has 0 aliphatic carbocycles. The zero-order chi connectivity index (χ0) is 51.4. The summed E-state index contributed by atoms with van der Waals surface area (Å²) in [5.74, 6) is -0.927. The van der Waals surface area contributed by atoms with Crippen molar-refractivity contribution in [3.8, 4) is 0 Å². The largest absolute Gasteiger partial charge is 0.462 e. The van der Waals surface area contributed by atoms with E-state index in [9.17, 15) is 14.4 Å². The predicted molar refractivity (Wildman–Crippen MR) is 307 cm³/mol. The summed E-state index contributed by atoms with van der Waals surface area (Å²) in [6, 6.07) is 0. The average Bonchev–Trinajstić information content (AvgIpc) is 3.37. The van der Waals surface area contributed by atoms with Gasteiger partial charge in [-0.15, -0.1) is 0 Å². The molecule has 0 spiro atoms. The highest BCUT2D eigenvalue weighted by atomic mass is 16.6. The average molecular weight is 990 g/mol. The predicted octanol–water partition coefficient (Wildman–Crippen LogP) is 20.3. The van der Waals surface area contributed by atoms with Crippen molar-refractivity contribution in [2.75, 3.05) is 13.2 Å². The molecule has 0 aromatic carbocycles. The van der Waals surface area contributed by atoms with Gasteiger partial charge in [0, 0.05) is 19.3 Å². The summed E-state index contributed by atoms with van der Waals surface area (Å²) in [7, 11) is 0. The summed E-state index contributed by atoms with van der Waals surface area (Å²) < 4.78 is 16.9. The Kier molecular flexibility index (Phi) is 56.3. The van der Waals surface area contributed by atoms with Crippen LogP contribution in [-0.4, -0.2) is 37.2 Å². The number of unbranched alkanes of at least 4 members (excludes halogenated alkanes) is 29. The van der Waals surface area contributed by atoms with Crippen molar-refractivity contribution in [3.05, 3.63) is 85.1 Å². The number of carbonyl (C=O) groups is 3. The van der Waals surface area contributed by atoms with Crippen LogP contribution in [0, 0.1) is 0 Å². The van der Waals surface area contributed by atoms with Crippen LogP contribution in [0.1, 0.15) is 290 Å². The van der Waals surface area contributed by atoms with Crippen molar-refractivity contribution in [3.63, 3.8) is 0 Å². The molecule has 0 aliphatic heterocycles. The fraction of sp³-hybridized carbons (Fsp3) is 0.738. The number of rotatable bonds is 54. The molecule has 6 nitrogen and oxygen atoms in total. The monoisotopic (exact) mass is 989 g/mol. The Hall–Kier alpha value is -3.41. The van der Waals surface area contributed by atoms with Crippen molar-refractivity contribution >= 4 is 17.9 Å². The fourth-order valence-corrected chi connectivity index (χ4v) is 8.38. The molecule has 0 fully saturated rings. The molecule has 0 N–H and O–H groups in total. The molecule has 0 saturated heterocycles. The molecule has 0 aromatic rings. The van der Waals surface area contributed by atoms with E-state index >= 15 is 0 Å². The lowest BCUT2D eigenvalue weighted by molar-refractivity contribution is -0.167. The van der Waals surface area contributed by atoms with Crippen molar-refractivity contribution in [1.29, 1.82) is 0 Å². The van der Waals surface area contributed by atoms with E-state index in [4.69, 9.17) is 14.2 Å². The molecule has 0 bridgehead atoms. The van der Waals surface area contributed by atoms with Crippen LogP contribution in [0.25, 0.3) is 0 Å². The van der Waals surface area contributed by atoms with Gasteiger partial charge in [0.05, 0.1) is 0 Å². The molecule has 1 atom stereocenters. The van der Waals surface area contributed by atoms with E-state index in [0.717, 1.165) is 122 Å². The molecule has 71 heavy (non-hydrogen) atoms. The number of allylic oxidation sites excluding steroid dienone is 14. The molecular weight excluding hydrogens is 877 g/mol. The van der Waals surface area contributed by atoms with Crippen LogP contribution >= 0.6 is 0 Å². The zero-order valence-corrected chi connectivity index (χ0v) is 46.7. The Labute approximate surface area is 439 Å². The highest BCUT2D eigenvalue weighted by molar-refractivity contribution is 5.71. The number of esters is 3. The van der Waals surface area contributed by atoms with Gasteiger partial charge in [-0.25, -0.2) is 0 Å². The number of hydrogen-bond acceptors (Lipinski definition) is 6. The lowest BCUT2D eigenvalue weighted by Crippen LogP contribution is -2.30. The summed E-state index contributed by atoms with van der Waals surface area (Å²) in [6.45, 7) is 6.49. The van der Waals surface area contributed by atoms with Crippen molar-refractivity contribution in [2.45, 2.75) is 297 Å². The van der Waals surface area contributed by atoms with Crippen molar-refractivity contribution in [2.24, 2.45) is 0 Å². The second kappa shape index (κ2) is 59.2. The van der Waals surface area contributed by atoms with Crippen LogP contribution in [0.3, 0.4) is 0 Å². The maximum absolute atomic E-state index is 12.9. The van der Waals surface area contributed by atoms with E-state index in [1.807, 2.05) is 0 Å². The van der Waals surface area contributed by atoms with E-state index < -0.39 is 6.10 Å². The molecule has 0 heterocycles. The van der Waals surface area contributed by atoms with Crippen LogP contribution in [-0.2, 0) is 28.6 Å². The van der Waals surface area contributed by atoms with Gasteiger partial charge in [0.1, 0.15) is 13.2 Å². The quantitative estimate of drug-likeness (QED) is 0.0261. The molecule has 0 amide bonds. The molecule has 6 heteroatoms. The highest BCUT2D eigenvalue weighted by Crippen LogP contribution is 2.16. The van der Waals surface area contributed by atoms with Gasteiger partial charge in [-0.1, -0.05) is 260 Å². The summed E-state index contributed by atoms with van der Waals surface area (Å²) in [4.78, 5) is 38.2. The first kappa shape index (κ1) is 67.6. The summed E-state index contributed by atoms with van der Waals surface area (Å²) in [5, 5.41) is 0. The molecule has 408 valence electrons. The van der Waals surface area contributed by atoms with Gasteiger partial charge in [0.25, 0.3) is 0 Å². The Morgan fingerprint density at radius 2 is 0.549 bits per heavy atom. The second-order valence-corrected chi connectivity index (χ2v) is 19.9. The van der Waals surface area contributed by atoms with Gasteiger partial charge in [-0.05, 0) is 96.3 Å². The molecular formula is C65H112O6. The normalized spacial score (nSPS) is 12.7. The number of ether oxygens (including phenoxy) is 3. The number of carbonyl (C=O) groups excluding carboxylic acids is 3. The fourth-order valence-electron chi connectivity index (χ4n) is 8.38. The van der Waals surface area contributed by atoms with Crippen LogP contribution < -0.4 is 0 Å². The van der Waals surface area contributed by atoms with Crippen molar-refractivity contribution < 1.29 is 28.6 Å². The Bertz CT molecular complexity index is 1370. The maximum Gasteiger partial charge on any atom is 0.306 e. The first-order chi connectivity index (χ1) is 35.0. The van der Waals surface area contributed by atoms with Gasteiger partial charge in [-0.3, -0.25) is 14.4 Å². The minimum atomic E-state index is -0.796. The third kappa shape index (κ3) is 57.4. The smallest absolute Gasteiger partial charge is 0.306 e. The van der Waals surface area contributed by atoms with Crippen LogP contribution in [0.5, 0.6) is 0 Å². The first-order valence-electron chi connectivity index (χ1n) is 30.1. The van der Waals surface area contributed by atoms with E-state index in [-0.39, 0.29) is 31.1 Å². The maximum atomic E-state index is 12.9. The van der Waals surface area contributed by atoms with E-state index in [0.29, 0.717) is 19.3 Å². The van der Waals surface area contributed by atoms with E-state index in [1.54, 1.807) is 0 Å². The van der Waals surface area contributed by atoms with Gasteiger partial charge >= 0.3 is 17.9 Å². The van der Waals surface area contributed by atoms with Crippen LogP contribution in [0.15, 0.2) is 85.1 Å². The van der Waals surface area contributed by atoms with E-state index in [2.05, 4.69) is 106 Å². The lowest BCUT2D eigenvalue weighted by Gasteiger charge is -2.18. The molecule has 0 radical (unpaired) electrons. The van der Waals surface area contributed by atoms with Gasteiger partial charge in [0.2, 0.25) is 0 Å². The van der Waals surface area contributed by atoms with Crippen LogP contribution in [0.2, 0.25) is 0 Å². The Morgan fingerprint density at radius 1 is 0.296 bits per heavy atom. The summed E-state index contributed by atoms with van der Waals surface area (Å²) >= 11 is 0. The second-order valence-electron chi connectivity index (χ2n) is 19.9. The van der Waals surface area contributed by atoms with Crippen molar-refractivity contribution in [1.82, 2.24) is 0 Å². The summed E-state index contributed by atoms with van der Waals surface area (Å²) in [5.41, 5.74) is 0. The SMILES string of the molecule is CC/C=C\C/C=C\C/C=C\C/C=C\C/C=C\CCCCCC(=O)OC[C@H](COC(=O)CCCCCCC/C=C\C/C=C\CCCCC)OC(=O)CCCCCCCCCCCCCCCCCCCCC. The van der Waals surface area contributed by atoms with Gasteiger partial charge < -0.3 is 14.2 Å². The van der Waals surface area contributed by atoms with E-state index in [1.165, 1.54) is 128 Å². The molecule has 0 rings (SSSR count). The third-order valence-corrected chi connectivity index (χ3v) is 12.9.